The lowest BCUT2D eigenvalue weighted by molar-refractivity contribution is -0.390. The van der Waals surface area contributed by atoms with Gasteiger partial charge in [0.25, 0.3) is 0 Å². The lowest BCUT2D eigenvalue weighted by Gasteiger charge is -2.59. The molecule has 4 aliphatic carbocycles. The van der Waals surface area contributed by atoms with Crippen LogP contribution in [0.25, 0.3) is 0 Å². The van der Waals surface area contributed by atoms with E-state index in [0.717, 1.165) is 45.1 Å². The predicted octanol–water partition coefficient (Wildman–Crippen LogP) is 0.853. The minimum Gasteiger partial charge on any atom is -0.394 e. The van der Waals surface area contributed by atoms with Crippen LogP contribution in [0.1, 0.15) is 92.4 Å². The molecule has 9 rings (SSSR count). The van der Waals surface area contributed by atoms with Gasteiger partial charge < -0.3 is 78.7 Å². The highest BCUT2D eigenvalue weighted by molar-refractivity contribution is 5.26. The third kappa shape index (κ3) is 7.19. The Kier molecular flexibility index (Phi) is 12.2. The fourth-order valence-corrected chi connectivity index (χ4v) is 13.7. The van der Waals surface area contributed by atoms with E-state index >= 15 is 0 Å². The van der Waals surface area contributed by atoms with Gasteiger partial charge >= 0.3 is 0 Å². The smallest absolute Gasteiger partial charge is 0.187 e. The van der Waals surface area contributed by atoms with Crippen molar-refractivity contribution < 1.29 is 78.7 Å². The maximum atomic E-state index is 11.5. The molecule has 0 bridgehead atoms. The second-order valence-corrected chi connectivity index (χ2v) is 20.6. The van der Waals surface area contributed by atoms with Crippen LogP contribution >= 0.6 is 0 Å². The van der Waals surface area contributed by atoms with Gasteiger partial charge in [-0.25, -0.2) is 0 Å². The molecule has 16 heteroatoms. The monoisotopic (exact) mass is 854 g/mol. The van der Waals surface area contributed by atoms with Crippen LogP contribution < -0.4 is 0 Å². The molecule has 0 aromatic carbocycles. The van der Waals surface area contributed by atoms with Crippen LogP contribution in [0, 0.1) is 46.3 Å². The summed E-state index contributed by atoms with van der Waals surface area (Å²) >= 11 is 0. The van der Waals surface area contributed by atoms with Crippen LogP contribution in [0.5, 0.6) is 0 Å². The lowest BCUT2D eigenvalue weighted by Crippen LogP contribution is -2.66. The summed E-state index contributed by atoms with van der Waals surface area (Å²) in [5.74, 6) is 2.62. The number of aliphatic hydroxyl groups excluding tert-OH is 8. The Morgan fingerprint density at radius 3 is 2.22 bits per heavy atom. The van der Waals surface area contributed by atoms with Crippen LogP contribution in [0.3, 0.4) is 0 Å². The Balaban J connectivity index is 0.932. The number of aliphatic hydroxyl groups is 8. The summed E-state index contributed by atoms with van der Waals surface area (Å²) in [5, 5.41) is 85.1. The molecule has 1 spiro atoms. The van der Waals surface area contributed by atoms with E-state index in [1.165, 1.54) is 18.9 Å². The third-order valence-corrected chi connectivity index (χ3v) is 17.3. The molecule has 16 nitrogen and oxygen atoms in total. The summed E-state index contributed by atoms with van der Waals surface area (Å²) in [6.07, 6.45) is -9.49. The third-order valence-electron chi connectivity index (χ3n) is 17.3. The average molecular weight is 855 g/mol. The summed E-state index contributed by atoms with van der Waals surface area (Å²) in [5.41, 5.74) is 1.52. The minimum atomic E-state index is -1.72. The first kappa shape index (κ1) is 44.3. The van der Waals surface area contributed by atoms with Gasteiger partial charge in [0.1, 0.15) is 61.0 Å². The van der Waals surface area contributed by atoms with Crippen molar-refractivity contribution in [3.05, 3.63) is 11.6 Å². The second-order valence-electron chi connectivity index (χ2n) is 20.6. The molecule has 8 N–H and O–H groups in total. The molecule has 5 heterocycles. The lowest BCUT2D eigenvalue weighted by atomic mass is 9.47. The Morgan fingerprint density at radius 1 is 0.733 bits per heavy atom. The first-order chi connectivity index (χ1) is 28.5. The molecule has 0 aromatic rings. The van der Waals surface area contributed by atoms with Gasteiger partial charge in [0.2, 0.25) is 0 Å². The summed E-state index contributed by atoms with van der Waals surface area (Å²) in [4.78, 5) is 0. The van der Waals surface area contributed by atoms with Crippen molar-refractivity contribution in [1.29, 1.82) is 0 Å². The van der Waals surface area contributed by atoms with E-state index < -0.39 is 98.4 Å². The Hall–Kier alpha value is -0.900. The number of rotatable bonds is 7. The van der Waals surface area contributed by atoms with Gasteiger partial charge in [-0.2, -0.15) is 0 Å². The van der Waals surface area contributed by atoms with E-state index in [-0.39, 0.29) is 29.6 Å². The first-order valence-corrected chi connectivity index (χ1v) is 22.8. The molecule has 3 saturated carbocycles. The van der Waals surface area contributed by atoms with Gasteiger partial charge in [-0.15, -0.1) is 0 Å². The predicted molar refractivity (Wildman–Crippen MR) is 208 cm³/mol. The highest BCUT2D eigenvalue weighted by Crippen LogP contribution is 2.70. The highest BCUT2D eigenvalue weighted by Gasteiger charge is 2.69. The normalized spacial score (nSPS) is 57.9. The molecule has 0 radical (unpaired) electrons. The SMILES string of the molecule is C[C@H]1CC[C@@]2(OC1)O[C@H]1C[C@H]3[C@@H]4CC=C5C[C@@H](O[C@@H]6O[C@H](CO)[C@@H](O)[C@H](O[C@@H]7OC[C@@H](O)[C@H](O)[C@H]7O)[C@H]6O[C@@H]6O[C@@H](C)[C@H](O)[C@@H](O)[C@H]6O)CC[C@]5(C)[C@H]4CC[C@]3(C)[C@H]1[C@@H]2C. The molecule has 5 aliphatic heterocycles. The van der Waals surface area contributed by atoms with E-state index in [9.17, 15) is 40.9 Å². The maximum Gasteiger partial charge on any atom is 0.187 e. The quantitative estimate of drug-likeness (QED) is 0.166. The van der Waals surface area contributed by atoms with Crippen molar-refractivity contribution in [2.45, 2.75) is 196 Å². The molecular formula is C44H70O16. The first-order valence-electron chi connectivity index (χ1n) is 22.8. The summed E-state index contributed by atoms with van der Waals surface area (Å²) < 4.78 is 50.1. The number of hydrogen-bond acceptors (Lipinski definition) is 16. The summed E-state index contributed by atoms with van der Waals surface area (Å²) in [6.45, 7) is 10.9. The second kappa shape index (κ2) is 16.5. The number of hydrogen-bond donors (Lipinski definition) is 8. The Labute approximate surface area is 352 Å². The Morgan fingerprint density at radius 2 is 1.48 bits per heavy atom. The van der Waals surface area contributed by atoms with Crippen molar-refractivity contribution in [2.24, 2.45) is 46.3 Å². The molecule has 5 saturated heterocycles. The molecule has 60 heavy (non-hydrogen) atoms. The van der Waals surface area contributed by atoms with Crippen molar-refractivity contribution >= 4 is 0 Å². The van der Waals surface area contributed by atoms with Gasteiger partial charge in [0, 0.05) is 12.3 Å². The zero-order valence-corrected chi connectivity index (χ0v) is 35.6. The Bertz CT molecular complexity index is 1560. The van der Waals surface area contributed by atoms with Crippen molar-refractivity contribution in [3.63, 3.8) is 0 Å². The zero-order valence-electron chi connectivity index (χ0n) is 35.6. The summed E-state index contributed by atoms with van der Waals surface area (Å²) in [7, 11) is 0. The fraction of sp³-hybridized carbons (Fsp3) is 0.955. The molecule has 0 unspecified atom stereocenters. The zero-order chi connectivity index (χ0) is 42.6. The number of allylic oxidation sites excluding steroid dienone is 1. The van der Waals surface area contributed by atoms with E-state index in [1.54, 1.807) is 0 Å². The van der Waals surface area contributed by atoms with Gasteiger partial charge in [0.05, 0.1) is 38.1 Å². The molecule has 25 atom stereocenters. The van der Waals surface area contributed by atoms with Crippen molar-refractivity contribution in [1.82, 2.24) is 0 Å². The van der Waals surface area contributed by atoms with Crippen LogP contribution in [0.4, 0.5) is 0 Å². The van der Waals surface area contributed by atoms with Crippen molar-refractivity contribution in [2.75, 3.05) is 19.8 Å². The van der Waals surface area contributed by atoms with Gasteiger partial charge in [-0.05, 0) is 98.7 Å². The standard InChI is InChI=1S/C44H70O16/c1-19-8-13-44(54-17-19)20(2)30-28(60-44)15-26-24-7-6-22-14-23(9-11-42(22,4)25(24)10-12-43(26,30)5)56-41-38(59-40-36(52)34(50)31(47)21(3)55-40)37(33(49)29(16-45)57-41)58-39-35(51)32(48)27(46)18-53-39/h6,19-21,23-41,45-52H,7-18H2,1-5H3/t19-,20-,21-,23-,24+,25-,26-,27+,28-,29+,30-,31-,32-,33+,34+,35+,36+,37-,38+,39-,40-,41+,42-,43-,44+/m0/s1. The largest absolute Gasteiger partial charge is 0.394 e. The van der Waals surface area contributed by atoms with Crippen molar-refractivity contribution in [3.8, 4) is 0 Å². The minimum absolute atomic E-state index is 0.0239. The number of fused-ring (bicyclic) bond motifs is 7. The molecule has 342 valence electrons. The highest BCUT2D eigenvalue weighted by atomic mass is 16.8. The van der Waals surface area contributed by atoms with Gasteiger partial charge in [-0.3, -0.25) is 0 Å². The number of ether oxygens (including phenoxy) is 8. The molecule has 0 aromatic heterocycles. The summed E-state index contributed by atoms with van der Waals surface area (Å²) in [6, 6.07) is 0. The van der Waals surface area contributed by atoms with E-state index in [4.69, 9.17) is 37.9 Å². The molecular weight excluding hydrogens is 784 g/mol. The van der Waals surface area contributed by atoms with Crippen LogP contribution in [-0.2, 0) is 37.9 Å². The molecule has 0 amide bonds. The fourth-order valence-electron chi connectivity index (χ4n) is 13.7. The van der Waals surface area contributed by atoms with Gasteiger partial charge in [-0.1, -0.05) is 39.3 Å². The molecule has 9 aliphatic rings. The molecule has 8 fully saturated rings. The van der Waals surface area contributed by atoms with E-state index in [2.05, 4.69) is 33.8 Å². The van der Waals surface area contributed by atoms with Crippen LogP contribution in [0.15, 0.2) is 11.6 Å². The maximum absolute atomic E-state index is 11.5. The van der Waals surface area contributed by atoms with Crippen LogP contribution in [0.2, 0.25) is 0 Å². The average Bonchev–Trinajstić information content (AvgIpc) is 3.68. The van der Waals surface area contributed by atoms with Crippen LogP contribution in [-0.4, -0.2) is 165 Å². The van der Waals surface area contributed by atoms with Gasteiger partial charge in [0.15, 0.2) is 24.7 Å². The topological polar surface area (TPSA) is 236 Å². The van der Waals surface area contributed by atoms with E-state index in [0.29, 0.717) is 48.3 Å². The van der Waals surface area contributed by atoms with E-state index in [1.807, 2.05) is 0 Å².